The fourth-order valence-corrected chi connectivity index (χ4v) is 2.96. The normalized spacial score (nSPS) is 11.5. The molecule has 10 nitrogen and oxygen atoms in total. The van der Waals surface area contributed by atoms with Crippen molar-refractivity contribution in [3.8, 4) is 17.2 Å². The van der Waals surface area contributed by atoms with Gasteiger partial charge in [-0.3, -0.25) is 14.9 Å². The number of carbonyl (C=O) groups is 1. The van der Waals surface area contributed by atoms with Crippen molar-refractivity contribution in [3.05, 3.63) is 76.4 Å². The minimum Gasteiger partial charge on any atom is -0.497 e. The average Bonchev–Trinajstić information content (AvgIpc) is 3.21. The van der Waals surface area contributed by atoms with Crippen LogP contribution in [0.15, 0.2) is 54.9 Å². The Balaban J connectivity index is 1.79. The molecule has 1 atom stereocenters. The Kier molecular flexibility index (Phi) is 6.71. The molecule has 3 aromatic rings. The molecule has 0 bridgehead atoms. The first kappa shape index (κ1) is 21.6. The molecule has 31 heavy (non-hydrogen) atoms. The van der Waals surface area contributed by atoms with E-state index in [-0.39, 0.29) is 12.3 Å². The summed E-state index contributed by atoms with van der Waals surface area (Å²) in [6.07, 6.45) is 3.42. The van der Waals surface area contributed by atoms with E-state index in [1.807, 2.05) is 7.05 Å². The minimum atomic E-state index is -0.586. The SMILES string of the molecule is COc1cc(OC)cc(C(NC(=O)COc2ccc([N+](=O)[O-])cc2)c2nccn2C)c1. The highest BCUT2D eigenvalue weighted by Gasteiger charge is 2.22. The molecule has 1 unspecified atom stereocenters. The van der Waals surface area contributed by atoms with Gasteiger partial charge in [0, 0.05) is 37.6 Å². The van der Waals surface area contributed by atoms with E-state index in [9.17, 15) is 14.9 Å². The van der Waals surface area contributed by atoms with E-state index in [4.69, 9.17) is 14.2 Å². The molecule has 0 radical (unpaired) electrons. The van der Waals surface area contributed by atoms with Gasteiger partial charge in [-0.2, -0.15) is 0 Å². The van der Waals surface area contributed by atoms with Crippen LogP contribution in [0.25, 0.3) is 0 Å². The molecule has 3 rings (SSSR count). The van der Waals surface area contributed by atoms with E-state index >= 15 is 0 Å². The highest BCUT2D eigenvalue weighted by atomic mass is 16.6. The molecule has 0 spiro atoms. The lowest BCUT2D eigenvalue weighted by molar-refractivity contribution is -0.384. The highest BCUT2D eigenvalue weighted by Crippen LogP contribution is 2.29. The second-order valence-corrected chi connectivity index (χ2v) is 6.58. The summed E-state index contributed by atoms with van der Waals surface area (Å²) < 4.78 is 17.9. The standard InChI is InChI=1S/C21H22N4O6/c1-24-9-8-22-21(24)20(14-10-17(29-2)12-18(11-14)30-3)23-19(26)13-31-16-6-4-15(5-7-16)25(27)28/h4-12,20H,13H2,1-3H3,(H,23,26). The van der Waals surface area contributed by atoms with E-state index in [0.717, 1.165) is 0 Å². The molecular weight excluding hydrogens is 404 g/mol. The number of aryl methyl sites for hydroxylation is 1. The van der Waals surface area contributed by atoms with Gasteiger partial charge in [0.15, 0.2) is 6.61 Å². The molecule has 1 aromatic heterocycles. The third-order valence-corrected chi connectivity index (χ3v) is 4.55. The smallest absolute Gasteiger partial charge is 0.269 e. The van der Waals surface area contributed by atoms with Gasteiger partial charge >= 0.3 is 0 Å². The van der Waals surface area contributed by atoms with Gasteiger partial charge in [-0.05, 0) is 29.8 Å². The van der Waals surface area contributed by atoms with Gasteiger partial charge in [0.05, 0.1) is 19.1 Å². The number of carbonyl (C=O) groups excluding carboxylic acids is 1. The van der Waals surface area contributed by atoms with Crippen molar-refractivity contribution >= 4 is 11.6 Å². The Morgan fingerprint density at radius 3 is 2.29 bits per heavy atom. The number of amides is 1. The lowest BCUT2D eigenvalue weighted by Crippen LogP contribution is -2.34. The van der Waals surface area contributed by atoms with Gasteiger partial charge < -0.3 is 24.1 Å². The lowest BCUT2D eigenvalue weighted by atomic mass is 10.0. The maximum absolute atomic E-state index is 12.6. The number of methoxy groups -OCH3 is 2. The topological polar surface area (TPSA) is 118 Å². The number of nitrogens with zero attached hydrogens (tertiary/aromatic N) is 3. The zero-order chi connectivity index (χ0) is 22.4. The fraction of sp³-hybridized carbons (Fsp3) is 0.238. The number of ether oxygens (including phenoxy) is 3. The number of hydrogen-bond acceptors (Lipinski definition) is 7. The van der Waals surface area contributed by atoms with Crippen LogP contribution in [0.4, 0.5) is 5.69 Å². The Morgan fingerprint density at radius 2 is 1.77 bits per heavy atom. The van der Waals surface area contributed by atoms with Crippen molar-refractivity contribution in [2.45, 2.75) is 6.04 Å². The largest absolute Gasteiger partial charge is 0.497 e. The Morgan fingerprint density at radius 1 is 1.13 bits per heavy atom. The first-order valence-corrected chi connectivity index (χ1v) is 9.28. The van der Waals surface area contributed by atoms with Crippen molar-refractivity contribution in [2.75, 3.05) is 20.8 Å². The summed E-state index contributed by atoms with van der Waals surface area (Å²) in [5.74, 6) is 1.71. The van der Waals surface area contributed by atoms with Crippen molar-refractivity contribution in [2.24, 2.45) is 7.05 Å². The molecule has 2 aromatic carbocycles. The van der Waals surface area contributed by atoms with Crippen LogP contribution in [-0.2, 0) is 11.8 Å². The Labute approximate surface area is 178 Å². The van der Waals surface area contributed by atoms with E-state index in [1.54, 1.807) is 49.4 Å². The van der Waals surface area contributed by atoms with Gasteiger partial charge in [0.1, 0.15) is 29.1 Å². The number of hydrogen-bond donors (Lipinski definition) is 1. The average molecular weight is 426 g/mol. The van der Waals surface area contributed by atoms with Gasteiger partial charge in [0.2, 0.25) is 0 Å². The summed E-state index contributed by atoms with van der Waals surface area (Å²) in [7, 11) is 4.92. The predicted molar refractivity (Wildman–Crippen MR) is 111 cm³/mol. The Bertz CT molecular complexity index is 1040. The van der Waals surface area contributed by atoms with E-state index in [2.05, 4.69) is 10.3 Å². The van der Waals surface area contributed by atoms with Crippen LogP contribution in [0.3, 0.4) is 0 Å². The van der Waals surface area contributed by atoms with Crippen molar-refractivity contribution in [1.82, 2.24) is 14.9 Å². The highest BCUT2D eigenvalue weighted by molar-refractivity contribution is 5.78. The van der Waals surface area contributed by atoms with Gasteiger partial charge in [-0.25, -0.2) is 4.98 Å². The maximum Gasteiger partial charge on any atom is 0.269 e. The monoisotopic (exact) mass is 426 g/mol. The van der Waals surface area contributed by atoms with Crippen LogP contribution in [-0.4, -0.2) is 41.2 Å². The lowest BCUT2D eigenvalue weighted by Gasteiger charge is -2.20. The number of imidazole rings is 1. The molecule has 0 aliphatic rings. The predicted octanol–water partition coefficient (Wildman–Crippen LogP) is 2.63. The maximum atomic E-state index is 12.6. The van der Waals surface area contributed by atoms with Crippen LogP contribution < -0.4 is 19.5 Å². The van der Waals surface area contributed by atoms with E-state index < -0.39 is 16.9 Å². The minimum absolute atomic E-state index is 0.0568. The molecule has 10 heteroatoms. The van der Waals surface area contributed by atoms with E-state index in [0.29, 0.717) is 28.6 Å². The molecular formula is C21H22N4O6. The van der Waals surface area contributed by atoms with Crippen LogP contribution in [0, 0.1) is 10.1 Å². The molecule has 0 aliphatic heterocycles. The number of rotatable bonds is 9. The summed E-state index contributed by atoms with van der Waals surface area (Å²) in [4.78, 5) is 27.2. The van der Waals surface area contributed by atoms with Crippen LogP contribution in [0.1, 0.15) is 17.4 Å². The number of nitrogens with one attached hydrogen (secondary N) is 1. The summed E-state index contributed by atoms with van der Waals surface area (Å²) in [5, 5.41) is 13.7. The molecule has 0 saturated heterocycles. The third-order valence-electron chi connectivity index (χ3n) is 4.55. The zero-order valence-corrected chi connectivity index (χ0v) is 17.3. The van der Waals surface area contributed by atoms with Crippen molar-refractivity contribution in [3.63, 3.8) is 0 Å². The van der Waals surface area contributed by atoms with Gasteiger partial charge in [-0.1, -0.05) is 0 Å². The quantitative estimate of drug-likeness (QED) is 0.413. The van der Waals surface area contributed by atoms with Gasteiger partial charge in [0.25, 0.3) is 11.6 Å². The molecule has 0 aliphatic carbocycles. The molecule has 1 amide bonds. The zero-order valence-electron chi connectivity index (χ0n) is 17.3. The second kappa shape index (κ2) is 9.61. The molecule has 1 heterocycles. The molecule has 0 saturated carbocycles. The fourth-order valence-electron chi connectivity index (χ4n) is 2.96. The van der Waals surface area contributed by atoms with Gasteiger partial charge in [-0.15, -0.1) is 0 Å². The van der Waals surface area contributed by atoms with Crippen molar-refractivity contribution < 1.29 is 23.9 Å². The summed E-state index contributed by atoms with van der Waals surface area (Å²) in [6.45, 7) is -0.278. The van der Waals surface area contributed by atoms with Crippen LogP contribution >= 0.6 is 0 Å². The number of aromatic nitrogens is 2. The first-order chi connectivity index (χ1) is 14.9. The van der Waals surface area contributed by atoms with E-state index in [1.165, 1.54) is 24.3 Å². The van der Waals surface area contributed by atoms with Crippen molar-refractivity contribution in [1.29, 1.82) is 0 Å². The number of nitro groups is 1. The molecule has 1 N–H and O–H groups in total. The molecule has 0 fully saturated rings. The number of non-ortho nitro benzene ring substituents is 1. The van der Waals surface area contributed by atoms with Crippen LogP contribution in [0.5, 0.6) is 17.2 Å². The third kappa shape index (κ3) is 5.30. The number of nitro benzene ring substituents is 1. The summed E-state index contributed by atoms with van der Waals surface area (Å²) in [5.41, 5.74) is 0.660. The van der Waals surface area contributed by atoms with Crippen LogP contribution in [0.2, 0.25) is 0 Å². The summed E-state index contributed by atoms with van der Waals surface area (Å²) in [6, 6.07) is 10.2. The summed E-state index contributed by atoms with van der Waals surface area (Å²) >= 11 is 0. The molecule has 162 valence electrons. The Hall–Kier alpha value is -4.08. The second-order valence-electron chi connectivity index (χ2n) is 6.58. The number of benzene rings is 2. The first-order valence-electron chi connectivity index (χ1n) is 9.28.